The fourth-order valence-electron chi connectivity index (χ4n) is 3.52. The van der Waals surface area contributed by atoms with Gasteiger partial charge in [0.1, 0.15) is 0 Å². The van der Waals surface area contributed by atoms with Gasteiger partial charge in [-0.25, -0.2) is 0 Å². The molecule has 3 rings (SSSR count). The van der Waals surface area contributed by atoms with Crippen LogP contribution in [0, 0.1) is 5.92 Å². The summed E-state index contributed by atoms with van der Waals surface area (Å²) in [7, 11) is 0. The molecule has 22 heavy (non-hydrogen) atoms. The van der Waals surface area contributed by atoms with Crippen molar-refractivity contribution in [3.8, 4) is 0 Å². The van der Waals surface area contributed by atoms with Gasteiger partial charge in [-0.15, -0.1) is 12.4 Å². The van der Waals surface area contributed by atoms with Gasteiger partial charge in [0.25, 0.3) is 0 Å². The van der Waals surface area contributed by atoms with Crippen molar-refractivity contribution in [3.05, 3.63) is 18.0 Å². The van der Waals surface area contributed by atoms with Crippen LogP contribution in [0.5, 0.6) is 0 Å². The first-order valence-electron chi connectivity index (χ1n) is 8.39. The van der Waals surface area contributed by atoms with Crippen molar-refractivity contribution in [2.75, 3.05) is 39.3 Å². The van der Waals surface area contributed by atoms with E-state index in [1.165, 1.54) is 38.2 Å². The van der Waals surface area contributed by atoms with Crippen LogP contribution in [0.25, 0.3) is 0 Å². The minimum atomic E-state index is 0. The molecule has 1 N–H and O–H groups in total. The Bertz CT molecular complexity index is 441. The highest BCUT2D eigenvalue weighted by molar-refractivity contribution is 5.85. The van der Waals surface area contributed by atoms with Crippen LogP contribution >= 0.6 is 12.4 Å². The molecule has 5 nitrogen and oxygen atoms in total. The molecule has 0 spiro atoms. The van der Waals surface area contributed by atoms with E-state index in [9.17, 15) is 0 Å². The second kappa shape index (κ2) is 8.29. The van der Waals surface area contributed by atoms with Gasteiger partial charge in [-0.2, -0.15) is 5.10 Å². The maximum absolute atomic E-state index is 4.48. The van der Waals surface area contributed by atoms with E-state index in [4.69, 9.17) is 0 Å². The van der Waals surface area contributed by atoms with Crippen molar-refractivity contribution >= 4 is 12.4 Å². The third-order valence-electron chi connectivity index (χ3n) is 4.56. The molecule has 1 aromatic heterocycles. The van der Waals surface area contributed by atoms with Crippen LogP contribution in [-0.4, -0.2) is 64.9 Å². The van der Waals surface area contributed by atoms with Crippen molar-refractivity contribution in [3.63, 3.8) is 0 Å². The minimum absolute atomic E-state index is 0. The third-order valence-corrected chi connectivity index (χ3v) is 4.56. The Kier molecular flexibility index (Phi) is 6.68. The molecule has 3 heterocycles. The maximum Gasteiger partial charge on any atom is 0.0534 e. The first-order valence-corrected chi connectivity index (χ1v) is 8.39. The number of nitrogens with one attached hydrogen (secondary N) is 1. The molecule has 0 radical (unpaired) electrons. The van der Waals surface area contributed by atoms with Crippen molar-refractivity contribution in [2.45, 2.75) is 39.4 Å². The standard InChI is InChI=1S/C16H29N5.ClH/c1-14(2)10-21-12-15(9-18-21)11-19-6-3-16(13-19)20-7-4-17-5-8-20;/h9,12,14,16-17H,3-8,10-11,13H2,1-2H3;1H. The first kappa shape index (κ1) is 17.7. The van der Waals surface area contributed by atoms with Crippen LogP contribution in [0.1, 0.15) is 25.8 Å². The van der Waals surface area contributed by atoms with E-state index >= 15 is 0 Å². The molecule has 0 aliphatic carbocycles. The summed E-state index contributed by atoms with van der Waals surface area (Å²) in [6, 6.07) is 0.762. The molecule has 0 aromatic carbocycles. The third kappa shape index (κ3) is 4.69. The lowest BCUT2D eigenvalue weighted by atomic mass is 10.2. The fourth-order valence-corrected chi connectivity index (χ4v) is 3.52. The normalized spacial score (nSPS) is 23.9. The molecular weight excluding hydrogens is 298 g/mol. The number of aromatic nitrogens is 2. The lowest BCUT2D eigenvalue weighted by Crippen LogP contribution is -2.49. The van der Waals surface area contributed by atoms with E-state index in [2.05, 4.69) is 44.9 Å². The van der Waals surface area contributed by atoms with Crippen LogP contribution in [0.4, 0.5) is 0 Å². The molecule has 2 aliphatic heterocycles. The quantitative estimate of drug-likeness (QED) is 0.888. The summed E-state index contributed by atoms with van der Waals surface area (Å²) in [6.45, 7) is 13.7. The van der Waals surface area contributed by atoms with E-state index in [0.717, 1.165) is 32.2 Å². The molecule has 0 bridgehead atoms. The molecule has 2 fully saturated rings. The van der Waals surface area contributed by atoms with E-state index in [0.29, 0.717) is 5.92 Å². The molecule has 1 unspecified atom stereocenters. The summed E-state index contributed by atoms with van der Waals surface area (Å²) in [5.41, 5.74) is 1.36. The van der Waals surface area contributed by atoms with Crippen LogP contribution < -0.4 is 5.32 Å². The lowest BCUT2D eigenvalue weighted by molar-refractivity contribution is 0.170. The summed E-state index contributed by atoms with van der Waals surface area (Å²) >= 11 is 0. The van der Waals surface area contributed by atoms with Gasteiger partial charge in [0, 0.05) is 70.2 Å². The predicted octanol–water partition coefficient (Wildman–Crippen LogP) is 1.44. The van der Waals surface area contributed by atoms with E-state index in [1.807, 2.05) is 6.20 Å². The van der Waals surface area contributed by atoms with Gasteiger partial charge in [-0.05, 0) is 12.3 Å². The number of piperazine rings is 1. The van der Waals surface area contributed by atoms with Crippen LogP contribution in [0.15, 0.2) is 12.4 Å². The molecule has 0 amide bonds. The number of rotatable bonds is 5. The van der Waals surface area contributed by atoms with Gasteiger partial charge >= 0.3 is 0 Å². The molecule has 0 saturated carbocycles. The van der Waals surface area contributed by atoms with Gasteiger partial charge < -0.3 is 5.32 Å². The molecule has 1 atom stereocenters. The van der Waals surface area contributed by atoms with E-state index in [-0.39, 0.29) is 12.4 Å². The largest absolute Gasteiger partial charge is 0.314 e. The highest BCUT2D eigenvalue weighted by atomic mass is 35.5. The molecule has 6 heteroatoms. The first-order chi connectivity index (χ1) is 10.2. The number of hydrogen-bond donors (Lipinski definition) is 1. The van der Waals surface area contributed by atoms with Crippen molar-refractivity contribution < 1.29 is 0 Å². The van der Waals surface area contributed by atoms with E-state index < -0.39 is 0 Å². The maximum atomic E-state index is 4.48. The highest BCUT2D eigenvalue weighted by Gasteiger charge is 2.28. The zero-order valence-electron chi connectivity index (χ0n) is 13.9. The van der Waals surface area contributed by atoms with E-state index in [1.54, 1.807) is 0 Å². The number of halogens is 1. The Morgan fingerprint density at radius 2 is 2.05 bits per heavy atom. The van der Waals surface area contributed by atoms with Gasteiger partial charge in [0.2, 0.25) is 0 Å². The smallest absolute Gasteiger partial charge is 0.0534 e. The summed E-state index contributed by atoms with van der Waals surface area (Å²) in [6.07, 6.45) is 5.58. The average Bonchev–Trinajstić information content (AvgIpc) is 3.09. The predicted molar refractivity (Wildman–Crippen MR) is 92.4 cm³/mol. The summed E-state index contributed by atoms with van der Waals surface area (Å²) in [5, 5.41) is 7.92. The zero-order valence-corrected chi connectivity index (χ0v) is 14.7. The molecule has 2 aliphatic rings. The van der Waals surface area contributed by atoms with Gasteiger partial charge in [-0.1, -0.05) is 13.8 Å². The van der Waals surface area contributed by atoms with Crippen LogP contribution in [0.3, 0.4) is 0 Å². The van der Waals surface area contributed by atoms with Crippen molar-refractivity contribution in [2.24, 2.45) is 5.92 Å². The van der Waals surface area contributed by atoms with Gasteiger partial charge in [0.05, 0.1) is 6.20 Å². The number of nitrogens with zero attached hydrogens (tertiary/aromatic N) is 4. The minimum Gasteiger partial charge on any atom is -0.314 e. The molecule has 1 aromatic rings. The Balaban J connectivity index is 0.00000176. The zero-order chi connectivity index (χ0) is 14.7. The lowest BCUT2D eigenvalue weighted by Gasteiger charge is -2.32. The monoisotopic (exact) mass is 327 g/mol. The Hall–Kier alpha value is -0.620. The van der Waals surface area contributed by atoms with Gasteiger partial charge in [0.15, 0.2) is 0 Å². The van der Waals surface area contributed by atoms with Crippen molar-refractivity contribution in [1.29, 1.82) is 0 Å². The summed E-state index contributed by atoms with van der Waals surface area (Å²) in [5.74, 6) is 0.654. The molecule has 126 valence electrons. The summed E-state index contributed by atoms with van der Waals surface area (Å²) < 4.78 is 2.09. The molecular formula is C16H30ClN5. The Morgan fingerprint density at radius 1 is 1.27 bits per heavy atom. The summed E-state index contributed by atoms with van der Waals surface area (Å²) in [4.78, 5) is 5.25. The average molecular weight is 328 g/mol. The van der Waals surface area contributed by atoms with Crippen LogP contribution in [0.2, 0.25) is 0 Å². The highest BCUT2D eigenvalue weighted by Crippen LogP contribution is 2.18. The Morgan fingerprint density at radius 3 is 2.77 bits per heavy atom. The second-order valence-electron chi connectivity index (χ2n) is 6.93. The van der Waals surface area contributed by atoms with Gasteiger partial charge in [-0.3, -0.25) is 14.5 Å². The van der Waals surface area contributed by atoms with Crippen LogP contribution in [-0.2, 0) is 13.1 Å². The Labute approximate surface area is 140 Å². The molecule has 2 saturated heterocycles. The fraction of sp³-hybridized carbons (Fsp3) is 0.812. The topological polar surface area (TPSA) is 36.3 Å². The SMILES string of the molecule is CC(C)Cn1cc(CN2CCC(N3CCNCC3)C2)cn1.Cl. The second-order valence-corrected chi connectivity index (χ2v) is 6.93. The number of hydrogen-bond acceptors (Lipinski definition) is 4. The van der Waals surface area contributed by atoms with Crippen molar-refractivity contribution in [1.82, 2.24) is 24.9 Å². The number of likely N-dealkylation sites (tertiary alicyclic amines) is 1.